The molecule has 0 radical (unpaired) electrons. The van der Waals surface area contributed by atoms with Crippen molar-refractivity contribution in [3.63, 3.8) is 0 Å². The number of hydrogen-bond donors (Lipinski definition) is 2. The minimum absolute atomic E-state index is 0.0976. The SMILES string of the molecule is O=C(NCCc1cccnc1)c1cc(Br)c[nH]1. The van der Waals surface area contributed by atoms with Gasteiger partial charge in [0.05, 0.1) is 0 Å². The summed E-state index contributed by atoms with van der Waals surface area (Å²) in [5.41, 5.74) is 1.67. The van der Waals surface area contributed by atoms with E-state index in [9.17, 15) is 4.79 Å². The summed E-state index contributed by atoms with van der Waals surface area (Å²) in [6.07, 6.45) is 6.05. The molecule has 4 nitrogen and oxygen atoms in total. The highest BCUT2D eigenvalue weighted by Gasteiger charge is 2.06. The van der Waals surface area contributed by atoms with Crippen molar-refractivity contribution in [2.24, 2.45) is 0 Å². The molecule has 0 aliphatic rings. The highest BCUT2D eigenvalue weighted by Crippen LogP contribution is 2.10. The first-order chi connectivity index (χ1) is 8.25. The zero-order chi connectivity index (χ0) is 12.1. The van der Waals surface area contributed by atoms with Gasteiger partial charge < -0.3 is 10.3 Å². The molecule has 0 bridgehead atoms. The van der Waals surface area contributed by atoms with Crippen LogP contribution in [0.3, 0.4) is 0 Å². The molecular weight excluding hydrogens is 282 g/mol. The molecule has 2 heterocycles. The molecule has 0 atom stereocenters. The first kappa shape index (κ1) is 11.9. The Morgan fingerprint density at radius 3 is 3.06 bits per heavy atom. The van der Waals surface area contributed by atoms with Gasteiger partial charge in [-0.15, -0.1) is 0 Å². The molecule has 0 aliphatic carbocycles. The predicted octanol–water partition coefficient (Wildman–Crippen LogP) is 2.14. The van der Waals surface area contributed by atoms with Gasteiger partial charge in [-0.05, 0) is 40.0 Å². The summed E-state index contributed by atoms with van der Waals surface area (Å²) in [5, 5.41) is 2.84. The van der Waals surface area contributed by atoms with Gasteiger partial charge in [-0.1, -0.05) is 6.07 Å². The molecule has 5 heteroatoms. The van der Waals surface area contributed by atoms with Crippen LogP contribution in [0.25, 0.3) is 0 Å². The van der Waals surface area contributed by atoms with E-state index in [0.29, 0.717) is 12.2 Å². The largest absolute Gasteiger partial charge is 0.356 e. The van der Waals surface area contributed by atoms with Gasteiger partial charge in [0.15, 0.2) is 0 Å². The third kappa shape index (κ3) is 3.42. The zero-order valence-electron chi connectivity index (χ0n) is 9.11. The Morgan fingerprint density at radius 2 is 2.41 bits per heavy atom. The fourth-order valence-corrected chi connectivity index (χ4v) is 1.80. The van der Waals surface area contributed by atoms with E-state index in [4.69, 9.17) is 0 Å². The Kier molecular flexibility index (Phi) is 3.93. The molecule has 0 spiro atoms. The van der Waals surface area contributed by atoms with Crippen LogP contribution in [0, 0.1) is 0 Å². The van der Waals surface area contributed by atoms with Gasteiger partial charge >= 0.3 is 0 Å². The number of pyridine rings is 1. The fourth-order valence-electron chi connectivity index (χ4n) is 1.46. The average molecular weight is 294 g/mol. The van der Waals surface area contributed by atoms with Crippen LogP contribution in [-0.4, -0.2) is 22.4 Å². The number of aromatic amines is 1. The van der Waals surface area contributed by atoms with Gasteiger partial charge in [0.1, 0.15) is 5.69 Å². The number of aromatic nitrogens is 2. The fraction of sp³-hybridized carbons (Fsp3) is 0.167. The Balaban J connectivity index is 1.81. The van der Waals surface area contributed by atoms with E-state index in [1.807, 2.05) is 12.1 Å². The number of rotatable bonds is 4. The lowest BCUT2D eigenvalue weighted by Crippen LogP contribution is -2.25. The van der Waals surface area contributed by atoms with Gasteiger partial charge in [0.2, 0.25) is 0 Å². The summed E-state index contributed by atoms with van der Waals surface area (Å²) in [6, 6.07) is 5.63. The topological polar surface area (TPSA) is 57.8 Å². The lowest BCUT2D eigenvalue weighted by molar-refractivity contribution is 0.0950. The first-order valence-electron chi connectivity index (χ1n) is 5.27. The van der Waals surface area contributed by atoms with Crippen LogP contribution in [0.4, 0.5) is 0 Å². The number of hydrogen-bond acceptors (Lipinski definition) is 2. The number of carbonyl (C=O) groups excluding carboxylic acids is 1. The third-order valence-electron chi connectivity index (χ3n) is 2.31. The highest BCUT2D eigenvalue weighted by molar-refractivity contribution is 9.10. The summed E-state index contributed by atoms with van der Waals surface area (Å²) in [6.45, 7) is 0.598. The molecule has 2 aromatic rings. The zero-order valence-corrected chi connectivity index (χ0v) is 10.7. The average Bonchev–Trinajstić information content (AvgIpc) is 2.77. The van der Waals surface area contributed by atoms with Crippen molar-refractivity contribution in [2.75, 3.05) is 6.54 Å². The van der Waals surface area contributed by atoms with E-state index in [0.717, 1.165) is 16.5 Å². The molecule has 0 unspecified atom stereocenters. The number of halogens is 1. The van der Waals surface area contributed by atoms with Crippen LogP contribution in [0.1, 0.15) is 16.1 Å². The molecule has 88 valence electrons. The lowest BCUT2D eigenvalue weighted by atomic mass is 10.2. The third-order valence-corrected chi connectivity index (χ3v) is 2.77. The number of amides is 1. The molecule has 0 fully saturated rings. The second kappa shape index (κ2) is 5.63. The van der Waals surface area contributed by atoms with E-state index >= 15 is 0 Å². The molecule has 2 N–H and O–H groups in total. The Labute approximate surface area is 108 Å². The summed E-state index contributed by atoms with van der Waals surface area (Å²) < 4.78 is 0.870. The van der Waals surface area contributed by atoms with Crippen LogP contribution in [0.5, 0.6) is 0 Å². The molecule has 17 heavy (non-hydrogen) atoms. The molecule has 0 aliphatic heterocycles. The maximum Gasteiger partial charge on any atom is 0.267 e. The van der Waals surface area contributed by atoms with Crippen LogP contribution in [-0.2, 0) is 6.42 Å². The molecular formula is C12H12BrN3O. The number of nitrogens with one attached hydrogen (secondary N) is 2. The molecule has 0 aromatic carbocycles. The second-order valence-corrected chi connectivity index (χ2v) is 4.51. The lowest BCUT2D eigenvalue weighted by Gasteiger charge is -2.03. The highest BCUT2D eigenvalue weighted by atomic mass is 79.9. The van der Waals surface area contributed by atoms with E-state index in [2.05, 4.69) is 31.2 Å². The van der Waals surface area contributed by atoms with E-state index in [-0.39, 0.29) is 5.91 Å². The molecule has 2 aromatic heterocycles. The Bertz CT molecular complexity index is 495. The first-order valence-corrected chi connectivity index (χ1v) is 6.06. The molecule has 0 saturated heterocycles. The smallest absolute Gasteiger partial charge is 0.267 e. The number of H-pyrrole nitrogens is 1. The van der Waals surface area contributed by atoms with Crippen molar-refractivity contribution in [1.29, 1.82) is 0 Å². The summed E-state index contributed by atoms with van der Waals surface area (Å²) in [4.78, 5) is 18.6. The number of carbonyl (C=O) groups is 1. The van der Waals surface area contributed by atoms with Crippen molar-refractivity contribution < 1.29 is 4.79 Å². The Morgan fingerprint density at radius 1 is 1.53 bits per heavy atom. The van der Waals surface area contributed by atoms with Crippen molar-refractivity contribution in [3.8, 4) is 0 Å². The predicted molar refractivity (Wildman–Crippen MR) is 68.8 cm³/mol. The van der Waals surface area contributed by atoms with E-state index in [1.165, 1.54) is 0 Å². The van der Waals surface area contributed by atoms with Crippen molar-refractivity contribution in [3.05, 3.63) is 52.5 Å². The van der Waals surface area contributed by atoms with Gasteiger partial charge in [-0.2, -0.15) is 0 Å². The van der Waals surface area contributed by atoms with Crippen molar-refractivity contribution in [1.82, 2.24) is 15.3 Å². The van der Waals surface area contributed by atoms with Gasteiger partial charge in [0.25, 0.3) is 5.91 Å². The summed E-state index contributed by atoms with van der Waals surface area (Å²) >= 11 is 3.29. The summed E-state index contributed by atoms with van der Waals surface area (Å²) in [7, 11) is 0. The monoisotopic (exact) mass is 293 g/mol. The Hall–Kier alpha value is -1.62. The quantitative estimate of drug-likeness (QED) is 0.907. The number of nitrogens with zero attached hydrogens (tertiary/aromatic N) is 1. The normalized spacial score (nSPS) is 10.2. The van der Waals surface area contributed by atoms with Gasteiger partial charge in [-0.25, -0.2) is 0 Å². The van der Waals surface area contributed by atoms with Crippen LogP contribution >= 0.6 is 15.9 Å². The van der Waals surface area contributed by atoms with Crippen molar-refractivity contribution >= 4 is 21.8 Å². The molecule has 0 saturated carbocycles. The van der Waals surface area contributed by atoms with Gasteiger partial charge in [-0.3, -0.25) is 9.78 Å². The maximum atomic E-state index is 11.7. The van der Waals surface area contributed by atoms with E-state index in [1.54, 1.807) is 24.7 Å². The second-order valence-electron chi connectivity index (χ2n) is 3.60. The van der Waals surface area contributed by atoms with Crippen molar-refractivity contribution in [2.45, 2.75) is 6.42 Å². The molecule has 1 amide bonds. The standard InChI is InChI=1S/C12H12BrN3O/c13-10-6-11(16-8-10)12(17)15-5-3-9-2-1-4-14-7-9/h1-2,4,6-8,16H,3,5H2,(H,15,17). The van der Waals surface area contributed by atoms with Gasteiger partial charge in [0, 0.05) is 29.6 Å². The van der Waals surface area contributed by atoms with E-state index < -0.39 is 0 Å². The minimum atomic E-state index is -0.0976. The maximum absolute atomic E-state index is 11.7. The summed E-state index contributed by atoms with van der Waals surface area (Å²) in [5.74, 6) is -0.0976. The van der Waals surface area contributed by atoms with Crippen LogP contribution in [0.2, 0.25) is 0 Å². The van der Waals surface area contributed by atoms with Crippen LogP contribution < -0.4 is 5.32 Å². The molecule has 2 rings (SSSR count). The minimum Gasteiger partial charge on any atom is -0.356 e. The van der Waals surface area contributed by atoms with Crippen LogP contribution in [0.15, 0.2) is 41.3 Å².